The highest BCUT2D eigenvalue weighted by molar-refractivity contribution is 5.85. The van der Waals surface area contributed by atoms with Gasteiger partial charge in [0.2, 0.25) is 5.89 Å². The summed E-state index contributed by atoms with van der Waals surface area (Å²) in [7, 11) is 2.08. The number of benzene rings is 1. The van der Waals surface area contributed by atoms with E-state index in [-0.39, 0.29) is 29.7 Å². The van der Waals surface area contributed by atoms with Crippen LogP contribution in [0.3, 0.4) is 0 Å². The molecule has 1 unspecified atom stereocenters. The molecule has 5 nitrogen and oxygen atoms in total. The highest BCUT2D eigenvalue weighted by Gasteiger charge is 2.46. The number of likely N-dealkylation sites (N-methyl/N-ethyl adjacent to an activating group) is 1. The van der Waals surface area contributed by atoms with Gasteiger partial charge in [-0.05, 0) is 37.6 Å². The molecular formula is C17H22ClFN4O. The zero-order valence-corrected chi connectivity index (χ0v) is 14.5. The molecule has 7 heteroatoms. The highest BCUT2D eigenvalue weighted by Crippen LogP contribution is 2.48. The summed E-state index contributed by atoms with van der Waals surface area (Å²) in [5.41, 5.74) is 0.627. The molecule has 1 aromatic carbocycles. The van der Waals surface area contributed by atoms with E-state index in [0.717, 1.165) is 50.3 Å². The first kappa shape index (κ1) is 17.3. The fourth-order valence-corrected chi connectivity index (χ4v) is 3.60. The average Bonchev–Trinajstić information content (AvgIpc) is 2.96. The third-order valence-corrected chi connectivity index (χ3v) is 5.24. The predicted octanol–water partition coefficient (Wildman–Crippen LogP) is 2.68. The molecule has 1 aliphatic heterocycles. The van der Waals surface area contributed by atoms with Gasteiger partial charge in [0.05, 0.1) is 11.5 Å². The van der Waals surface area contributed by atoms with Crippen LogP contribution in [0.1, 0.15) is 42.6 Å². The summed E-state index contributed by atoms with van der Waals surface area (Å²) >= 11 is 0. The van der Waals surface area contributed by atoms with E-state index < -0.39 is 0 Å². The predicted molar refractivity (Wildman–Crippen MR) is 90.8 cm³/mol. The minimum atomic E-state index is -0.311. The van der Waals surface area contributed by atoms with Crippen LogP contribution in [0.4, 0.5) is 4.39 Å². The molecule has 130 valence electrons. The maximum absolute atomic E-state index is 13.6. The molecule has 4 rings (SSSR count). The van der Waals surface area contributed by atoms with E-state index in [2.05, 4.69) is 22.4 Å². The fourth-order valence-electron chi connectivity index (χ4n) is 3.60. The van der Waals surface area contributed by atoms with Crippen LogP contribution < -0.4 is 5.32 Å². The number of nitrogens with one attached hydrogen (secondary N) is 1. The Morgan fingerprint density at radius 1 is 1.38 bits per heavy atom. The monoisotopic (exact) mass is 352 g/mol. The molecule has 1 saturated heterocycles. The highest BCUT2D eigenvalue weighted by atomic mass is 35.5. The van der Waals surface area contributed by atoms with Gasteiger partial charge in [0.1, 0.15) is 5.82 Å². The van der Waals surface area contributed by atoms with Crippen LogP contribution in [0, 0.1) is 5.82 Å². The lowest BCUT2D eigenvalue weighted by Crippen LogP contribution is -2.44. The second-order valence-corrected chi connectivity index (χ2v) is 6.60. The van der Waals surface area contributed by atoms with Crippen molar-refractivity contribution in [1.29, 1.82) is 0 Å². The lowest BCUT2D eigenvalue weighted by atomic mass is 9.64. The Hall–Kier alpha value is -1.50. The van der Waals surface area contributed by atoms with Crippen LogP contribution >= 0.6 is 12.4 Å². The molecule has 1 saturated carbocycles. The average molecular weight is 353 g/mol. The quantitative estimate of drug-likeness (QED) is 0.920. The minimum absolute atomic E-state index is 0. The van der Waals surface area contributed by atoms with Crippen molar-refractivity contribution in [3.63, 3.8) is 0 Å². The fraction of sp³-hybridized carbons (Fsp3) is 0.529. The number of nitrogens with zero attached hydrogens (tertiary/aromatic N) is 3. The van der Waals surface area contributed by atoms with Crippen molar-refractivity contribution in [2.24, 2.45) is 0 Å². The van der Waals surface area contributed by atoms with Crippen LogP contribution in [-0.2, 0) is 5.41 Å². The van der Waals surface area contributed by atoms with Gasteiger partial charge >= 0.3 is 0 Å². The molecule has 0 bridgehead atoms. The topological polar surface area (TPSA) is 54.2 Å². The van der Waals surface area contributed by atoms with Crippen LogP contribution in [0.25, 0.3) is 0 Å². The standard InChI is InChI=1S/C17H21FN4O.ClH/c1-22-9-8-19-11-14(22)15-20-16(23-21-15)17(6-3-7-17)12-4-2-5-13(18)10-12;/h2,4-5,10,14,19H,3,6-9,11H2,1H3;1H. The normalized spacial score (nSPS) is 23.3. The van der Waals surface area contributed by atoms with Gasteiger partial charge in [-0.25, -0.2) is 4.39 Å². The van der Waals surface area contributed by atoms with Crippen molar-refractivity contribution >= 4 is 12.4 Å². The molecule has 0 spiro atoms. The Morgan fingerprint density at radius 3 is 2.88 bits per heavy atom. The molecule has 0 amide bonds. The number of halogens is 2. The van der Waals surface area contributed by atoms with Crippen molar-refractivity contribution < 1.29 is 8.91 Å². The van der Waals surface area contributed by atoms with E-state index in [1.807, 2.05) is 6.07 Å². The zero-order valence-electron chi connectivity index (χ0n) is 13.7. The number of hydrogen-bond donors (Lipinski definition) is 1. The van der Waals surface area contributed by atoms with Crippen LogP contribution in [0.2, 0.25) is 0 Å². The first-order valence-electron chi connectivity index (χ1n) is 8.20. The SMILES string of the molecule is CN1CCNCC1c1noc(C2(c3cccc(F)c3)CCC2)n1.Cl. The van der Waals surface area contributed by atoms with Gasteiger partial charge in [0.25, 0.3) is 0 Å². The van der Waals surface area contributed by atoms with Gasteiger partial charge in [0.15, 0.2) is 5.82 Å². The Labute approximate surface area is 147 Å². The van der Waals surface area contributed by atoms with E-state index in [9.17, 15) is 4.39 Å². The summed E-state index contributed by atoms with van der Waals surface area (Å²) in [5.74, 6) is 1.13. The molecule has 24 heavy (non-hydrogen) atoms. The second-order valence-electron chi connectivity index (χ2n) is 6.60. The molecule has 2 aromatic rings. The third-order valence-electron chi connectivity index (χ3n) is 5.24. The molecule has 2 fully saturated rings. The summed E-state index contributed by atoms with van der Waals surface area (Å²) in [4.78, 5) is 6.94. The number of hydrogen-bond acceptors (Lipinski definition) is 5. The van der Waals surface area contributed by atoms with E-state index in [0.29, 0.717) is 5.89 Å². The Bertz CT molecular complexity index is 703. The van der Waals surface area contributed by atoms with Gasteiger partial charge in [-0.15, -0.1) is 12.4 Å². The first-order chi connectivity index (χ1) is 11.2. The van der Waals surface area contributed by atoms with E-state index in [4.69, 9.17) is 9.51 Å². The molecule has 2 aliphatic rings. The Kier molecular flexibility index (Phi) is 4.90. The number of piperazine rings is 1. The zero-order chi connectivity index (χ0) is 15.9. The van der Waals surface area contributed by atoms with E-state index in [1.54, 1.807) is 12.1 Å². The minimum Gasteiger partial charge on any atom is -0.338 e. The largest absolute Gasteiger partial charge is 0.338 e. The van der Waals surface area contributed by atoms with Crippen molar-refractivity contribution in [3.8, 4) is 0 Å². The second kappa shape index (κ2) is 6.78. The van der Waals surface area contributed by atoms with Crippen LogP contribution in [0.5, 0.6) is 0 Å². The van der Waals surface area contributed by atoms with E-state index >= 15 is 0 Å². The van der Waals surface area contributed by atoms with Gasteiger partial charge in [-0.1, -0.05) is 23.7 Å². The molecule has 1 atom stereocenters. The van der Waals surface area contributed by atoms with Gasteiger partial charge in [-0.3, -0.25) is 4.90 Å². The number of rotatable bonds is 3. The molecular weight excluding hydrogens is 331 g/mol. The third kappa shape index (κ3) is 2.83. The Morgan fingerprint density at radius 2 is 2.21 bits per heavy atom. The van der Waals surface area contributed by atoms with Crippen molar-refractivity contribution in [2.75, 3.05) is 26.7 Å². The summed E-state index contributed by atoms with van der Waals surface area (Å²) < 4.78 is 19.3. The van der Waals surface area contributed by atoms with Crippen molar-refractivity contribution in [2.45, 2.75) is 30.7 Å². The van der Waals surface area contributed by atoms with Gasteiger partial charge < -0.3 is 9.84 Å². The molecule has 2 heterocycles. The first-order valence-corrected chi connectivity index (χ1v) is 8.20. The summed E-state index contributed by atoms with van der Waals surface area (Å²) in [6.45, 7) is 2.76. The molecule has 1 aromatic heterocycles. The molecule has 0 radical (unpaired) electrons. The van der Waals surface area contributed by atoms with Crippen molar-refractivity contribution in [3.05, 3.63) is 47.4 Å². The molecule has 1 N–H and O–H groups in total. The smallest absolute Gasteiger partial charge is 0.237 e. The molecule has 1 aliphatic carbocycles. The summed E-state index contributed by atoms with van der Waals surface area (Å²) in [6.07, 6.45) is 2.95. The van der Waals surface area contributed by atoms with E-state index in [1.165, 1.54) is 6.07 Å². The maximum Gasteiger partial charge on any atom is 0.237 e. The number of aromatic nitrogens is 2. The Balaban J connectivity index is 0.00000169. The summed E-state index contributed by atoms with van der Waals surface area (Å²) in [5, 5.41) is 7.59. The van der Waals surface area contributed by atoms with Crippen LogP contribution in [0.15, 0.2) is 28.8 Å². The van der Waals surface area contributed by atoms with Crippen molar-refractivity contribution in [1.82, 2.24) is 20.4 Å². The maximum atomic E-state index is 13.6. The lowest BCUT2D eigenvalue weighted by Gasteiger charge is -2.39. The summed E-state index contributed by atoms with van der Waals surface area (Å²) in [6, 6.07) is 6.90. The van der Waals surface area contributed by atoms with Gasteiger partial charge in [-0.2, -0.15) is 4.98 Å². The lowest BCUT2D eigenvalue weighted by molar-refractivity contribution is 0.188. The van der Waals surface area contributed by atoms with Gasteiger partial charge in [0, 0.05) is 19.6 Å². The van der Waals surface area contributed by atoms with Crippen LogP contribution in [-0.4, -0.2) is 41.7 Å².